The number of nitrogens with zero attached hydrogens (tertiary/aromatic N) is 1. The van der Waals surface area contributed by atoms with Crippen LogP contribution in [0.25, 0.3) is 0 Å². The second kappa shape index (κ2) is 9.42. The van der Waals surface area contributed by atoms with Crippen LogP contribution >= 0.6 is 0 Å². The molecule has 0 radical (unpaired) electrons. The minimum Gasteiger partial charge on any atom is -0.484 e. The Morgan fingerprint density at radius 2 is 2.20 bits per heavy atom. The fraction of sp³-hybridized carbons (Fsp3) is 0.579. The van der Waals surface area contributed by atoms with Crippen molar-refractivity contribution < 1.29 is 14.3 Å². The van der Waals surface area contributed by atoms with Crippen molar-refractivity contribution in [2.24, 2.45) is 5.73 Å². The topological polar surface area (TPSA) is 84.7 Å². The molecule has 0 bridgehead atoms. The van der Waals surface area contributed by atoms with E-state index in [4.69, 9.17) is 10.5 Å². The molecular weight excluding hydrogens is 318 g/mol. The molecule has 3 N–H and O–H groups in total. The summed E-state index contributed by atoms with van der Waals surface area (Å²) in [4.78, 5) is 25.3. The van der Waals surface area contributed by atoms with Gasteiger partial charge in [-0.05, 0) is 49.4 Å². The Kier molecular flexibility index (Phi) is 7.25. The highest BCUT2D eigenvalue weighted by Gasteiger charge is 2.28. The van der Waals surface area contributed by atoms with Gasteiger partial charge >= 0.3 is 0 Å². The quantitative estimate of drug-likeness (QED) is 0.665. The number of carbonyl (C=O) groups is 2. The Morgan fingerprint density at radius 1 is 1.40 bits per heavy atom. The van der Waals surface area contributed by atoms with Gasteiger partial charge in [0.25, 0.3) is 5.91 Å². The van der Waals surface area contributed by atoms with Crippen molar-refractivity contribution >= 4 is 11.8 Å². The number of likely N-dealkylation sites (tertiary alicyclic amines) is 1. The van der Waals surface area contributed by atoms with Crippen LogP contribution in [0.15, 0.2) is 24.3 Å². The number of ether oxygens (including phenoxy) is 1. The Hall–Kier alpha value is -2.08. The second-order valence-corrected chi connectivity index (χ2v) is 6.82. The van der Waals surface area contributed by atoms with Crippen molar-refractivity contribution in [2.75, 3.05) is 26.2 Å². The van der Waals surface area contributed by atoms with E-state index in [0.29, 0.717) is 18.2 Å². The van der Waals surface area contributed by atoms with Crippen molar-refractivity contribution in [3.05, 3.63) is 29.8 Å². The van der Waals surface area contributed by atoms with Gasteiger partial charge in [-0.15, -0.1) is 0 Å². The van der Waals surface area contributed by atoms with Gasteiger partial charge in [-0.1, -0.05) is 26.0 Å². The Labute approximate surface area is 149 Å². The van der Waals surface area contributed by atoms with E-state index < -0.39 is 0 Å². The molecule has 6 heteroatoms. The maximum atomic E-state index is 11.9. The maximum Gasteiger partial charge on any atom is 0.257 e. The number of carbonyl (C=O) groups excluding carboxylic acids is 2. The number of benzene rings is 1. The minimum atomic E-state index is -0.251. The molecule has 1 aliphatic heterocycles. The molecule has 1 aliphatic rings. The molecule has 25 heavy (non-hydrogen) atoms. The van der Waals surface area contributed by atoms with Crippen LogP contribution in [-0.2, 0) is 9.59 Å². The van der Waals surface area contributed by atoms with E-state index >= 15 is 0 Å². The first kappa shape index (κ1) is 19.2. The van der Waals surface area contributed by atoms with Crippen molar-refractivity contribution in [1.29, 1.82) is 0 Å². The lowest BCUT2D eigenvalue weighted by atomic mass is 10.0. The van der Waals surface area contributed by atoms with E-state index in [1.807, 2.05) is 18.2 Å². The van der Waals surface area contributed by atoms with E-state index in [2.05, 4.69) is 30.1 Å². The average molecular weight is 347 g/mol. The molecular formula is C19H29N3O3. The molecule has 2 rings (SSSR count). The second-order valence-electron chi connectivity index (χ2n) is 6.82. The number of primary amides is 1. The van der Waals surface area contributed by atoms with Gasteiger partial charge in [0.1, 0.15) is 5.75 Å². The molecule has 1 heterocycles. The van der Waals surface area contributed by atoms with Crippen LogP contribution in [-0.4, -0.2) is 49.0 Å². The van der Waals surface area contributed by atoms with Crippen LogP contribution in [0, 0.1) is 0 Å². The predicted octanol–water partition coefficient (Wildman–Crippen LogP) is 1.64. The average Bonchev–Trinajstić information content (AvgIpc) is 3.06. The summed E-state index contributed by atoms with van der Waals surface area (Å²) in [5, 5.41) is 2.85. The third-order valence-electron chi connectivity index (χ3n) is 4.53. The van der Waals surface area contributed by atoms with Crippen molar-refractivity contribution in [1.82, 2.24) is 10.2 Å². The number of nitrogens with two attached hydrogens (primary N) is 1. The SMILES string of the molecule is CC(C)c1cccc(OCC(=O)NCCCN2CCC[C@@H]2C(N)=O)c1. The summed E-state index contributed by atoms with van der Waals surface area (Å²) in [5.74, 6) is 0.747. The molecule has 0 unspecified atom stereocenters. The summed E-state index contributed by atoms with van der Waals surface area (Å²) < 4.78 is 5.55. The van der Waals surface area contributed by atoms with Crippen LogP contribution in [0.5, 0.6) is 5.75 Å². The summed E-state index contributed by atoms with van der Waals surface area (Å²) in [7, 11) is 0. The molecule has 0 aromatic heterocycles. The molecule has 6 nitrogen and oxygen atoms in total. The smallest absolute Gasteiger partial charge is 0.257 e. The van der Waals surface area contributed by atoms with Gasteiger partial charge in [-0.25, -0.2) is 0 Å². The van der Waals surface area contributed by atoms with Crippen LogP contribution in [0.2, 0.25) is 0 Å². The third kappa shape index (κ3) is 6.05. The van der Waals surface area contributed by atoms with Crippen molar-refractivity contribution in [2.45, 2.75) is 45.1 Å². The first-order valence-electron chi connectivity index (χ1n) is 9.00. The minimum absolute atomic E-state index is 0.00910. The standard InChI is InChI=1S/C19H29N3O3/c1-14(2)15-6-3-7-16(12-15)25-13-18(23)21-9-5-11-22-10-4-8-17(22)19(20)24/h3,6-7,12,14,17H,4-5,8-11,13H2,1-2H3,(H2,20,24)(H,21,23)/t17-/m1/s1. The molecule has 1 aromatic rings. The highest BCUT2D eigenvalue weighted by molar-refractivity contribution is 5.80. The lowest BCUT2D eigenvalue weighted by Gasteiger charge is -2.21. The van der Waals surface area contributed by atoms with Gasteiger partial charge in [-0.2, -0.15) is 0 Å². The molecule has 0 saturated carbocycles. The summed E-state index contributed by atoms with van der Waals surface area (Å²) in [6.45, 7) is 6.48. The van der Waals surface area contributed by atoms with E-state index in [1.165, 1.54) is 5.56 Å². The molecule has 0 aliphatic carbocycles. The molecule has 138 valence electrons. The monoisotopic (exact) mass is 347 g/mol. The van der Waals surface area contributed by atoms with Crippen LogP contribution in [0.4, 0.5) is 0 Å². The van der Waals surface area contributed by atoms with Gasteiger partial charge in [-0.3, -0.25) is 14.5 Å². The van der Waals surface area contributed by atoms with Crippen LogP contribution < -0.4 is 15.8 Å². The molecule has 1 aromatic carbocycles. The predicted molar refractivity (Wildman–Crippen MR) is 97.4 cm³/mol. The normalized spacial score (nSPS) is 17.6. The Bertz CT molecular complexity index is 589. The van der Waals surface area contributed by atoms with Crippen LogP contribution in [0.3, 0.4) is 0 Å². The number of nitrogens with one attached hydrogen (secondary N) is 1. The lowest BCUT2D eigenvalue weighted by Crippen LogP contribution is -2.41. The maximum absolute atomic E-state index is 11.9. The third-order valence-corrected chi connectivity index (χ3v) is 4.53. The van der Waals surface area contributed by atoms with Gasteiger partial charge in [0.2, 0.25) is 5.91 Å². The molecule has 1 saturated heterocycles. The fourth-order valence-electron chi connectivity index (χ4n) is 3.09. The lowest BCUT2D eigenvalue weighted by molar-refractivity contribution is -0.124. The van der Waals surface area contributed by atoms with Gasteiger partial charge < -0.3 is 15.8 Å². The van der Waals surface area contributed by atoms with E-state index in [-0.39, 0.29) is 24.5 Å². The summed E-state index contributed by atoms with van der Waals surface area (Å²) >= 11 is 0. The van der Waals surface area contributed by atoms with Gasteiger partial charge in [0.15, 0.2) is 6.61 Å². The molecule has 0 spiro atoms. The largest absolute Gasteiger partial charge is 0.484 e. The van der Waals surface area contributed by atoms with Crippen molar-refractivity contribution in [3.63, 3.8) is 0 Å². The summed E-state index contributed by atoms with van der Waals surface area (Å²) in [5.41, 5.74) is 6.59. The zero-order valence-electron chi connectivity index (χ0n) is 15.2. The fourth-order valence-corrected chi connectivity index (χ4v) is 3.09. The number of hydrogen-bond acceptors (Lipinski definition) is 4. The van der Waals surface area contributed by atoms with Gasteiger partial charge in [0, 0.05) is 13.1 Å². The van der Waals surface area contributed by atoms with Crippen LogP contribution in [0.1, 0.15) is 44.6 Å². The molecule has 2 amide bonds. The first-order chi connectivity index (χ1) is 12.0. The molecule has 1 fully saturated rings. The summed E-state index contributed by atoms with van der Waals surface area (Å²) in [6, 6.07) is 7.67. The Balaban J connectivity index is 1.64. The van der Waals surface area contributed by atoms with E-state index in [9.17, 15) is 9.59 Å². The van der Waals surface area contributed by atoms with Gasteiger partial charge in [0.05, 0.1) is 6.04 Å². The summed E-state index contributed by atoms with van der Waals surface area (Å²) in [6.07, 6.45) is 2.63. The first-order valence-corrected chi connectivity index (χ1v) is 9.00. The molecule has 1 atom stereocenters. The number of amides is 2. The Morgan fingerprint density at radius 3 is 2.92 bits per heavy atom. The highest BCUT2D eigenvalue weighted by Crippen LogP contribution is 2.20. The van der Waals surface area contributed by atoms with E-state index in [1.54, 1.807) is 0 Å². The van der Waals surface area contributed by atoms with E-state index in [0.717, 1.165) is 32.4 Å². The highest BCUT2D eigenvalue weighted by atomic mass is 16.5. The number of rotatable bonds is 9. The van der Waals surface area contributed by atoms with Crippen molar-refractivity contribution in [3.8, 4) is 5.75 Å². The number of hydrogen-bond donors (Lipinski definition) is 2. The zero-order valence-corrected chi connectivity index (χ0v) is 15.2. The zero-order chi connectivity index (χ0) is 18.2.